The van der Waals surface area contributed by atoms with Gasteiger partial charge in [-0.05, 0) is 42.7 Å². The van der Waals surface area contributed by atoms with Crippen molar-refractivity contribution >= 4 is 11.4 Å². The average molecular weight is 254 g/mol. The second-order valence-electron chi connectivity index (χ2n) is 4.95. The highest BCUT2D eigenvalue weighted by molar-refractivity contribution is 5.65. The van der Waals surface area contributed by atoms with Crippen molar-refractivity contribution in [1.82, 2.24) is 0 Å². The van der Waals surface area contributed by atoms with E-state index in [1.54, 1.807) is 0 Å². The molecule has 0 bridgehead atoms. The van der Waals surface area contributed by atoms with Crippen molar-refractivity contribution in [2.24, 2.45) is 5.73 Å². The molecule has 0 saturated heterocycles. The normalized spacial score (nSPS) is 12.2. The number of rotatable bonds is 4. The van der Waals surface area contributed by atoms with Crippen molar-refractivity contribution in [1.29, 1.82) is 0 Å². The van der Waals surface area contributed by atoms with Gasteiger partial charge in [0.2, 0.25) is 0 Å². The second kappa shape index (κ2) is 5.89. The Hall–Kier alpha value is -1.80. The van der Waals surface area contributed by atoms with Crippen LogP contribution in [0, 0.1) is 6.92 Å². The van der Waals surface area contributed by atoms with Gasteiger partial charge >= 0.3 is 0 Å². The number of para-hydroxylation sites is 1. The van der Waals surface area contributed by atoms with Crippen LogP contribution in [0.15, 0.2) is 48.5 Å². The number of nitrogens with zero attached hydrogens (tertiary/aromatic N) is 1. The molecule has 1 atom stereocenters. The van der Waals surface area contributed by atoms with E-state index in [4.69, 9.17) is 5.73 Å². The fourth-order valence-corrected chi connectivity index (χ4v) is 2.26. The van der Waals surface area contributed by atoms with Gasteiger partial charge in [-0.3, -0.25) is 0 Å². The molecular formula is C17H22N2. The van der Waals surface area contributed by atoms with Crippen molar-refractivity contribution in [3.63, 3.8) is 0 Å². The summed E-state index contributed by atoms with van der Waals surface area (Å²) in [4.78, 5) is 2.20. The van der Waals surface area contributed by atoms with Crippen LogP contribution in [0.3, 0.4) is 0 Å². The Morgan fingerprint density at radius 2 is 1.68 bits per heavy atom. The third-order valence-electron chi connectivity index (χ3n) is 3.63. The summed E-state index contributed by atoms with van der Waals surface area (Å²) in [6.07, 6.45) is 0.965. The zero-order valence-corrected chi connectivity index (χ0v) is 11.9. The fraction of sp³-hybridized carbons (Fsp3) is 0.294. The van der Waals surface area contributed by atoms with E-state index in [1.165, 1.54) is 22.5 Å². The van der Waals surface area contributed by atoms with Gasteiger partial charge < -0.3 is 10.6 Å². The van der Waals surface area contributed by atoms with Crippen LogP contribution in [0.1, 0.15) is 30.5 Å². The van der Waals surface area contributed by atoms with E-state index in [9.17, 15) is 0 Å². The van der Waals surface area contributed by atoms with Gasteiger partial charge in [0, 0.05) is 24.5 Å². The molecule has 2 aromatic carbocycles. The molecule has 0 aliphatic carbocycles. The molecular weight excluding hydrogens is 232 g/mol. The van der Waals surface area contributed by atoms with Gasteiger partial charge in [0.15, 0.2) is 0 Å². The van der Waals surface area contributed by atoms with Crippen LogP contribution in [0.25, 0.3) is 0 Å². The Kier molecular flexibility index (Phi) is 4.23. The van der Waals surface area contributed by atoms with Crippen molar-refractivity contribution in [2.75, 3.05) is 11.9 Å². The minimum absolute atomic E-state index is 0.137. The average Bonchev–Trinajstić information content (AvgIpc) is 2.46. The summed E-state index contributed by atoms with van der Waals surface area (Å²) >= 11 is 0. The Morgan fingerprint density at radius 1 is 1.05 bits per heavy atom. The molecule has 0 fully saturated rings. The van der Waals surface area contributed by atoms with Crippen molar-refractivity contribution in [3.8, 4) is 0 Å². The molecule has 0 amide bonds. The van der Waals surface area contributed by atoms with Gasteiger partial charge in [0.05, 0.1) is 0 Å². The summed E-state index contributed by atoms with van der Waals surface area (Å²) in [5.74, 6) is 0. The first kappa shape index (κ1) is 13.6. The molecule has 2 aromatic rings. The first-order valence-electron chi connectivity index (χ1n) is 6.78. The van der Waals surface area contributed by atoms with Gasteiger partial charge in [0.25, 0.3) is 0 Å². The van der Waals surface area contributed by atoms with E-state index in [1.807, 2.05) is 0 Å². The second-order valence-corrected chi connectivity index (χ2v) is 4.95. The minimum atomic E-state index is 0.137. The third-order valence-corrected chi connectivity index (χ3v) is 3.63. The van der Waals surface area contributed by atoms with Crippen LogP contribution in [0.5, 0.6) is 0 Å². The summed E-state index contributed by atoms with van der Waals surface area (Å²) in [7, 11) is 2.09. The van der Waals surface area contributed by atoms with Crippen molar-refractivity contribution < 1.29 is 0 Å². The number of benzene rings is 2. The topological polar surface area (TPSA) is 29.3 Å². The van der Waals surface area contributed by atoms with Crippen molar-refractivity contribution in [3.05, 3.63) is 59.7 Å². The lowest BCUT2D eigenvalue weighted by Crippen LogP contribution is -2.12. The van der Waals surface area contributed by atoms with Gasteiger partial charge in [-0.15, -0.1) is 0 Å². The highest BCUT2D eigenvalue weighted by atomic mass is 15.1. The van der Waals surface area contributed by atoms with E-state index in [2.05, 4.69) is 74.3 Å². The van der Waals surface area contributed by atoms with E-state index in [-0.39, 0.29) is 6.04 Å². The first-order valence-corrected chi connectivity index (χ1v) is 6.78. The molecule has 2 nitrogen and oxygen atoms in total. The number of aryl methyl sites for hydroxylation is 1. The number of hydrogen-bond acceptors (Lipinski definition) is 2. The standard InChI is InChI=1S/C17H22N2/c1-4-16(18)14-9-11-15(12-10-14)19(3)17-8-6-5-7-13(17)2/h5-12,16H,4,18H2,1-3H3/t16-/m0/s1. The third kappa shape index (κ3) is 2.96. The summed E-state index contributed by atoms with van der Waals surface area (Å²) < 4.78 is 0. The smallest absolute Gasteiger partial charge is 0.0437 e. The highest BCUT2D eigenvalue weighted by Crippen LogP contribution is 2.27. The van der Waals surface area contributed by atoms with Crippen LogP contribution in [-0.2, 0) is 0 Å². The monoisotopic (exact) mass is 254 g/mol. The van der Waals surface area contributed by atoms with Gasteiger partial charge in [0.1, 0.15) is 0 Å². The predicted molar refractivity (Wildman–Crippen MR) is 82.9 cm³/mol. The lowest BCUT2D eigenvalue weighted by Gasteiger charge is -2.22. The van der Waals surface area contributed by atoms with E-state index < -0.39 is 0 Å². The fourth-order valence-electron chi connectivity index (χ4n) is 2.26. The zero-order chi connectivity index (χ0) is 13.8. The quantitative estimate of drug-likeness (QED) is 0.887. The minimum Gasteiger partial charge on any atom is -0.344 e. The Labute approximate surface area is 115 Å². The molecule has 0 aromatic heterocycles. The molecule has 0 spiro atoms. The molecule has 0 aliphatic heterocycles. The summed E-state index contributed by atoms with van der Waals surface area (Å²) in [6, 6.07) is 17.1. The van der Waals surface area contributed by atoms with E-state index in [0.717, 1.165) is 6.42 Å². The largest absolute Gasteiger partial charge is 0.344 e. The van der Waals surface area contributed by atoms with Gasteiger partial charge in [-0.25, -0.2) is 0 Å². The molecule has 0 aliphatic rings. The highest BCUT2D eigenvalue weighted by Gasteiger charge is 2.07. The molecule has 2 heteroatoms. The Morgan fingerprint density at radius 3 is 2.26 bits per heavy atom. The zero-order valence-electron chi connectivity index (χ0n) is 11.9. The molecule has 100 valence electrons. The SMILES string of the molecule is CC[C@H](N)c1ccc(N(C)c2ccccc2C)cc1. The lowest BCUT2D eigenvalue weighted by molar-refractivity contribution is 0.699. The molecule has 2 rings (SSSR count). The van der Waals surface area contributed by atoms with Crippen LogP contribution in [0.4, 0.5) is 11.4 Å². The van der Waals surface area contributed by atoms with Gasteiger partial charge in [-0.2, -0.15) is 0 Å². The van der Waals surface area contributed by atoms with Gasteiger partial charge in [-0.1, -0.05) is 37.3 Å². The molecule has 0 heterocycles. The number of nitrogens with two attached hydrogens (primary N) is 1. The molecule has 2 N–H and O–H groups in total. The van der Waals surface area contributed by atoms with Crippen LogP contribution >= 0.6 is 0 Å². The Bertz CT molecular complexity index is 531. The maximum atomic E-state index is 6.04. The molecule has 0 radical (unpaired) electrons. The Balaban J connectivity index is 2.25. The van der Waals surface area contributed by atoms with Crippen LogP contribution < -0.4 is 10.6 Å². The maximum absolute atomic E-state index is 6.04. The summed E-state index contributed by atoms with van der Waals surface area (Å²) in [5.41, 5.74) is 10.9. The molecule has 0 unspecified atom stereocenters. The summed E-state index contributed by atoms with van der Waals surface area (Å²) in [6.45, 7) is 4.24. The van der Waals surface area contributed by atoms with Crippen molar-refractivity contribution in [2.45, 2.75) is 26.3 Å². The van der Waals surface area contributed by atoms with E-state index >= 15 is 0 Å². The van der Waals surface area contributed by atoms with Crippen LogP contribution in [-0.4, -0.2) is 7.05 Å². The van der Waals surface area contributed by atoms with E-state index in [0.29, 0.717) is 0 Å². The molecule has 19 heavy (non-hydrogen) atoms. The predicted octanol–water partition coefficient (Wildman–Crippen LogP) is 4.17. The lowest BCUT2D eigenvalue weighted by atomic mass is 10.0. The first-order chi connectivity index (χ1) is 9.13. The summed E-state index contributed by atoms with van der Waals surface area (Å²) in [5, 5.41) is 0. The molecule has 0 saturated carbocycles. The number of anilines is 2. The van der Waals surface area contributed by atoms with Crippen LogP contribution in [0.2, 0.25) is 0 Å². The maximum Gasteiger partial charge on any atom is 0.0437 e. The number of hydrogen-bond donors (Lipinski definition) is 1.